The van der Waals surface area contributed by atoms with Crippen molar-refractivity contribution in [2.75, 3.05) is 6.54 Å². The predicted octanol–water partition coefficient (Wildman–Crippen LogP) is 4.16. The summed E-state index contributed by atoms with van der Waals surface area (Å²) in [7, 11) is 0. The minimum Gasteiger partial charge on any atom is -0.352 e. The van der Waals surface area contributed by atoms with Crippen LogP contribution in [0, 0.1) is 5.82 Å². The molecular formula is C17H12Cl2FN3O2. The molecule has 0 fully saturated rings. The Morgan fingerprint density at radius 3 is 2.64 bits per heavy atom. The van der Waals surface area contributed by atoms with E-state index in [4.69, 9.17) is 27.7 Å². The summed E-state index contributed by atoms with van der Waals surface area (Å²) < 4.78 is 18.5. The van der Waals surface area contributed by atoms with Crippen LogP contribution in [0.25, 0.3) is 11.4 Å². The Bertz CT molecular complexity index is 897. The first-order valence-corrected chi connectivity index (χ1v) is 8.10. The van der Waals surface area contributed by atoms with Crippen molar-refractivity contribution in [2.45, 2.75) is 6.42 Å². The molecule has 3 aromatic rings. The third-order valence-corrected chi connectivity index (χ3v) is 3.94. The number of hydrogen-bond donors (Lipinski definition) is 1. The number of halogens is 3. The molecule has 5 nitrogen and oxygen atoms in total. The smallest absolute Gasteiger partial charge is 0.251 e. The maximum absolute atomic E-state index is 13.4. The Balaban J connectivity index is 1.56. The number of rotatable bonds is 5. The van der Waals surface area contributed by atoms with Gasteiger partial charge in [0.1, 0.15) is 5.82 Å². The van der Waals surface area contributed by atoms with Gasteiger partial charge in [-0.25, -0.2) is 4.39 Å². The van der Waals surface area contributed by atoms with Gasteiger partial charge in [-0.3, -0.25) is 4.79 Å². The largest absolute Gasteiger partial charge is 0.352 e. The minimum absolute atomic E-state index is 0.0304. The highest BCUT2D eigenvalue weighted by molar-refractivity contribution is 6.31. The Labute approximate surface area is 152 Å². The molecular weight excluding hydrogens is 368 g/mol. The summed E-state index contributed by atoms with van der Waals surface area (Å²) in [6.45, 7) is 0.269. The molecule has 25 heavy (non-hydrogen) atoms. The molecule has 0 aliphatic carbocycles. The summed E-state index contributed by atoms with van der Waals surface area (Å²) in [5.41, 5.74) is 0.967. The molecule has 0 radical (unpaired) electrons. The van der Waals surface area contributed by atoms with Gasteiger partial charge >= 0.3 is 0 Å². The molecule has 3 rings (SSSR count). The van der Waals surface area contributed by atoms with Gasteiger partial charge in [0.2, 0.25) is 11.7 Å². The summed E-state index contributed by atoms with van der Waals surface area (Å²) >= 11 is 11.4. The molecule has 2 aromatic carbocycles. The van der Waals surface area contributed by atoms with Crippen LogP contribution < -0.4 is 5.32 Å². The van der Waals surface area contributed by atoms with Gasteiger partial charge in [-0.2, -0.15) is 4.98 Å². The van der Waals surface area contributed by atoms with Crippen molar-refractivity contribution < 1.29 is 13.7 Å². The van der Waals surface area contributed by atoms with Crippen LogP contribution in [0.4, 0.5) is 4.39 Å². The standard InChI is InChI=1S/C17H12Cl2FN3O2/c18-12-4-1-10(2-5-12)16-22-15(25-23-16)7-8-21-17(24)11-3-6-13(19)14(20)9-11/h1-6,9H,7-8H2,(H,21,24). The Morgan fingerprint density at radius 2 is 1.92 bits per heavy atom. The molecule has 0 saturated heterocycles. The maximum Gasteiger partial charge on any atom is 0.251 e. The van der Waals surface area contributed by atoms with Crippen LogP contribution in [0.15, 0.2) is 47.0 Å². The van der Waals surface area contributed by atoms with Crippen molar-refractivity contribution in [3.8, 4) is 11.4 Å². The number of carbonyl (C=O) groups is 1. The van der Waals surface area contributed by atoms with E-state index in [0.717, 1.165) is 11.6 Å². The number of nitrogens with zero attached hydrogens (tertiary/aromatic N) is 2. The highest BCUT2D eigenvalue weighted by atomic mass is 35.5. The molecule has 1 amide bonds. The van der Waals surface area contributed by atoms with Gasteiger partial charge in [-0.1, -0.05) is 28.4 Å². The summed E-state index contributed by atoms with van der Waals surface area (Å²) in [6, 6.07) is 10.9. The molecule has 0 bridgehead atoms. The molecule has 0 saturated carbocycles. The summed E-state index contributed by atoms with van der Waals surface area (Å²) in [5.74, 6) is -0.225. The third kappa shape index (κ3) is 4.35. The molecule has 0 atom stereocenters. The van der Waals surface area contributed by atoms with E-state index in [0.29, 0.717) is 23.2 Å². The average molecular weight is 380 g/mol. The van der Waals surface area contributed by atoms with Crippen LogP contribution in [0.1, 0.15) is 16.2 Å². The summed E-state index contributed by atoms with van der Waals surface area (Å²) in [4.78, 5) is 16.2. The van der Waals surface area contributed by atoms with Gasteiger partial charge in [0.15, 0.2) is 0 Å². The van der Waals surface area contributed by atoms with Gasteiger partial charge in [-0.15, -0.1) is 0 Å². The fourth-order valence-corrected chi connectivity index (χ4v) is 2.34. The van der Waals surface area contributed by atoms with Crippen LogP contribution in [0.3, 0.4) is 0 Å². The first-order chi connectivity index (χ1) is 12.0. The van der Waals surface area contributed by atoms with Crippen molar-refractivity contribution in [2.24, 2.45) is 0 Å². The van der Waals surface area contributed by atoms with Gasteiger partial charge in [0, 0.05) is 29.1 Å². The van der Waals surface area contributed by atoms with Gasteiger partial charge in [0.25, 0.3) is 5.91 Å². The second-order valence-corrected chi connectivity index (χ2v) is 6.00. The highest BCUT2D eigenvalue weighted by Gasteiger charge is 2.11. The molecule has 0 spiro atoms. The van der Waals surface area contributed by atoms with E-state index < -0.39 is 11.7 Å². The molecule has 128 valence electrons. The highest BCUT2D eigenvalue weighted by Crippen LogP contribution is 2.19. The lowest BCUT2D eigenvalue weighted by atomic mass is 10.2. The fourth-order valence-electron chi connectivity index (χ4n) is 2.10. The number of hydrogen-bond acceptors (Lipinski definition) is 4. The SMILES string of the molecule is O=C(NCCc1nc(-c2ccc(Cl)cc2)no1)c1ccc(Cl)c(F)c1. The zero-order chi connectivity index (χ0) is 17.8. The van der Waals surface area contributed by atoms with Crippen LogP contribution in [-0.4, -0.2) is 22.6 Å². The Morgan fingerprint density at radius 1 is 1.16 bits per heavy atom. The molecule has 0 aliphatic heterocycles. The van der Waals surface area contributed by atoms with Crippen LogP contribution in [-0.2, 0) is 6.42 Å². The van der Waals surface area contributed by atoms with E-state index in [1.54, 1.807) is 24.3 Å². The maximum atomic E-state index is 13.4. The van der Waals surface area contributed by atoms with Crippen molar-refractivity contribution in [1.29, 1.82) is 0 Å². The van der Waals surface area contributed by atoms with Crippen molar-refractivity contribution in [3.05, 3.63) is 69.8 Å². The van der Waals surface area contributed by atoms with Gasteiger partial charge < -0.3 is 9.84 Å². The average Bonchev–Trinajstić information content (AvgIpc) is 3.06. The second kappa shape index (κ2) is 7.63. The molecule has 1 heterocycles. The first-order valence-electron chi connectivity index (χ1n) is 7.35. The quantitative estimate of drug-likeness (QED) is 0.722. The normalized spacial score (nSPS) is 10.7. The zero-order valence-electron chi connectivity index (χ0n) is 12.8. The number of nitrogens with one attached hydrogen (secondary N) is 1. The number of benzene rings is 2. The van der Waals surface area contributed by atoms with Crippen LogP contribution in [0.2, 0.25) is 10.0 Å². The molecule has 1 N–H and O–H groups in total. The predicted molar refractivity (Wildman–Crippen MR) is 92.2 cm³/mol. The minimum atomic E-state index is -0.640. The van der Waals surface area contributed by atoms with Crippen LogP contribution in [0.5, 0.6) is 0 Å². The van der Waals surface area contributed by atoms with E-state index in [-0.39, 0.29) is 17.1 Å². The number of amides is 1. The van der Waals surface area contributed by atoms with Crippen molar-refractivity contribution in [1.82, 2.24) is 15.5 Å². The first kappa shape index (κ1) is 17.4. The molecule has 0 aliphatic rings. The Kier molecular flexibility index (Phi) is 5.31. The fraction of sp³-hybridized carbons (Fsp3) is 0.118. The van der Waals surface area contributed by atoms with Crippen molar-refractivity contribution >= 4 is 29.1 Å². The van der Waals surface area contributed by atoms with Crippen LogP contribution >= 0.6 is 23.2 Å². The van der Waals surface area contributed by atoms with Gasteiger partial charge in [-0.05, 0) is 42.5 Å². The van der Waals surface area contributed by atoms with E-state index in [9.17, 15) is 9.18 Å². The van der Waals surface area contributed by atoms with Gasteiger partial charge in [0.05, 0.1) is 5.02 Å². The third-order valence-electron chi connectivity index (χ3n) is 3.38. The lowest BCUT2D eigenvalue weighted by Gasteiger charge is -2.04. The second-order valence-electron chi connectivity index (χ2n) is 5.15. The van der Waals surface area contributed by atoms with Crippen molar-refractivity contribution in [3.63, 3.8) is 0 Å². The number of aromatic nitrogens is 2. The molecule has 0 unspecified atom stereocenters. The Hall–Kier alpha value is -2.44. The lowest BCUT2D eigenvalue weighted by Crippen LogP contribution is -2.25. The zero-order valence-corrected chi connectivity index (χ0v) is 14.3. The summed E-state index contributed by atoms with van der Waals surface area (Å²) in [5, 5.41) is 7.13. The van der Waals surface area contributed by atoms with E-state index in [1.165, 1.54) is 12.1 Å². The molecule has 1 aromatic heterocycles. The summed E-state index contributed by atoms with van der Waals surface area (Å²) in [6.07, 6.45) is 0.350. The topological polar surface area (TPSA) is 68.0 Å². The van der Waals surface area contributed by atoms with E-state index >= 15 is 0 Å². The molecule has 8 heteroatoms. The number of carbonyl (C=O) groups excluding carboxylic acids is 1. The van der Waals surface area contributed by atoms with E-state index in [1.807, 2.05) is 0 Å². The van der Waals surface area contributed by atoms with E-state index in [2.05, 4.69) is 15.5 Å². The monoisotopic (exact) mass is 379 g/mol. The lowest BCUT2D eigenvalue weighted by molar-refractivity contribution is 0.0953.